The topological polar surface area (TPSA) is 73.8 Å². The molecule has 0 aliphatic carbocycles. The van der Waals surface area contributed by atoms with E-state index in [0.717, 1.165) is 11.1 Å². The van der Waals surface area contributed by atoms with Gasteiger partial charge in [0.25, 0.3) is 5.56 Å². The molecule has 1 unspecified atom stereocenters. The van der Waals surface area contributed by atoms with Gasteiger partial charge in [-0.3, -0.25) is 9.36 Å². The summed E-state index contributed by atoms with van der Waals surface area (Å²) in [5.41, 5.74) is 3.18. The highest BCUT2D eigenvalue weighted by molar-refractivity contribution is 7.99. The van der Waals surface area contributed by atoms with E-state index in [0.29, 0.717) is 39.1 Å². The Morgan fingerprint density at radius 1 is 1.00 bits per heavy atom. The Bertz CT molecular complexity index is 1560. The fraction of sp³-hybridized carbons (Fsp3) is 0.154. The number of rotatable bonds is 5. The zero-order valence-electron chi connectivity index (χ0n) is 18.8. The number of hydrogen-bond acceptors (Lipinski definition) is 6. The summed E-state index contributed by atoms with van der Waals surface area (Å²) >= 11 is 1.30. The number of halogens is 1. The van der Waals surface area contributed by atoms with E-state index in [9.17, 15) is 9.18 Å². The molecule has 0 amide bonds. The number of aromatic nitrogens is 4. The van der Waals surface area contributed by atoms with E-state index in [1.807, 2.05) is 44.2 Å². The number of fused-ring (bicyclic) bond motifs is 1. The van der Waals surface area contributed by atoms with E-state index in [1.165, 1.54) is 22.4 Å². The summed E-state index contributed by atoms with van der Waals surface area (Å²) in [4.78, 5) is 18.1. The second-order valence-electron chi connectivity index (χ2n) is 8.06. The standard InChI is InChI=1S/C26H21FN4O2S/c1-15-8-11-18(12-9-15)24-30-29-23(33-24)17(3)34-26-28-22-7-5-4-6-20(22)25(32)31(26)19-13-10-16(2)21(27)14-19/h4-14,17H,1-3H3. The fourth-order valence-corrected chi connectivity index (χ4v) is 4.52. The van der Waals surface area contributed by atoms with Crippen LogP contribution in [0.3, 0.4) is 0 Å². The average Bonchev–Trinajstić information content (AvgIpc) is 3.32. The number of hydrogen-bond donors (Lipinski definition) is 0. The van der Waals surface area contributed by atoms with E-state index in [2.05, 4.69) is 10.2 Å². The van der Waals surface area contributed by atoms with Crippen LogP contribution in [0.2, 0.25) is 0 Å². The minimum Gasteiger partial charge on any atom is -0.419 e. The Hall–Kier alpha value is -3.78. The van der Waals surface area contributed by atoms with Crippen LogP contribution < -0.4 is 5.56 Å². The number of aryl methyl sites for hydroxylation is 2. The lowest BCUT2D eigenvalue weighted by molar-refractivity contribution is 0.508. The second kappa shape index (κ2) is 8.87. The lowest BCUT2D eigenvalue weighted by atomic mass is 10.1. The van der Waals surface area contributed by atoms with E-state index in [4.69, 9.17) is 9.40 Å². The number of benzene rings is 3. The SMILES string of the molecule is Cc1ccc(-c2nnc(C(C)Sc3nc4ccccc4c(=O)n3-c3ccc(C)c(F)c3)o2)cc1. The summed E-state index contributed by atoms with van der Waals surface area (Å²) in [6.07, 6.45) is 0. The molecule has 0 saturated carbocycles. The van der Waals surface area contributed by atoms with E-state index < -0.39 is 0 Å². The first-order chi connectivity index (χ1) is 16.4. The predicted molar refractivity (Wildman–Crippen MR) is 131 cm³/mol. The van der Waals surface area contributed by atoms with Crippen molar-refractivity contribution in [3.8, 4) is 17.1 Å². The van der Waals surface area contributed by atoms with Gasteiger partial charge in [-0.05, 0) is 62.7 Å². The van der Waals surface area contributed by atoms with Gasteiger partial charge in [0.2, 0.25) is 11.8 Å². The third-order valence-corrected chi connectivity index (χ3v) is 6.57. The van der Waals surface area contributed by atoms with Crippen molar-refractivity contribution in [1.82, 2.24) is 19.7 Å². The Labute approximate surface area is 199 Å². The molecule has 0 bridgehead atoms. The van der Waals surface area contributed by atoms with Gasteiger partial charge >= 0.3 is 0 Å². The molecule has 0 spiro atoms. The molecule has 170 valence electrons. The molecule has 3 aromatic carbocycles. The van der Waals surface area contributed by atoms with Gasteiger partial charge in [0, 0.05) is 5.56 Å². The molecule has 0 saturated heterocycles. The maximum absolute atomic E-state index is 14.4. The molecule has 8 heteroatoms. The van der Waals surface area contributed by atoms with Crippen molar-refractivity contribution in [2.45, 2.75) is 31.2 Å². The van der Waals surface area contributed by atoms with Crippen molar-refractivity contribution in [2.24, 2.45) is 0 Å². The molecular formula is C26H21FN4O2S. The molecule has 0 aliphatic heterocycles. The van der Waals surface area contributed by atoms with Gasteiger partial charge < -0.3 is 4.42 Å². The molecule has 0 fully saturated rings. The fourth-order valence-electron chi connectivity index (χ4n) is 3.56. The smallest absolute Gasteiger partial charge is 0.266 e. The highest BCUT2D eigenvalue weighted by atomic mass is 32.2. The Morgan fingerprint density at radius 3 is 2.53 bits per heavy atom. The summed E-state index contributed by atoms with van der Waals surface area (Å²) in [6, 6.07) is 19.7. The van der Waals surface area contributed by atoms with Crippen molar-refractivity contribution >= 4 is 22.7 Å². The maximum Gasteiger partial charge on any atom is 0.266 e. The van der Waals surface area contributed by atoms with Gasteiger partial charge in [0.15, 0.2) is 5.16 Å². The van der Waals surface area contributed by atoms with Crippen LogP contribution >= 0.6 is 11.8 Å². The highest BCUT2D eigenvalue weighted by Gasteiger charge is 2.21. The van der Waals surface area contributed by atoms with Crippen LogP contribution in [-0.2, 0) is 0 Å². The van der Waals surface area contributed by atoms with Crippen LogP contribution in [0, 0.1) is 19.7 Å². The minimum absolute atomic E-state index is 0.269. The number of thioether (sulfide) groups is 1. The lowest BCUT2D eigenvalue weighted by Crippen LogP contribution is -2.22. The van der Waals surface area contributed by atoms with Gasteiger partial charge in [0.05, 0.1) is 21.8 Å². The van der Waals surface area contributed by atoms with E-state index >= 15 is 0 Å². The number of para-hydroxylation sites is 1. The van der Waals surface area contributed by atoms with Crippen molar-refractivity contribution in [3.63, 3.8) is 0 Å². The van der Waals surface area contributed by atoms with Crippen LogP contribution in [0.1, 0.15) is 29.2 Å². The van der Waals surface area contributed by atoms with Crippen LogP contribution in [0.25, 0.3) is 28.0 Å². The summed E-state index contributed by atoms with van der Waals surface area (Å²) in [6.45, 7) is 5.59. The normalized spacial score (nSPS) is 12.2. The lowest BCUT2D eigenvalue weighted by Gasteiger charge is -2.15. The van der Waals surface area contributed by atoms with Crippen LogP contribution in [0.15, 0.2) is 81.1 Å². The molecular weight excluding hydrogens is 451 g/mol. The monoisotopic (exact) mass is 472 g/mol. The molecule has 2 heterocycles. The Morgan fingerprint density at radius 2 is 1.76 bits per heavy atom. The van der Waals surface area contributed by atoms with Crippen LogP contribution in [0.4, 0.5) is 4.39 Å². The van der Waals surface area contributed by atoms with Gasteiger partial charge in [-0.15, -0.1) is 10.2 Å². The Kier molecular flexibility index (Phi) is 5.75. The molecule has 0 N–H and O–H groups in total. The Balaban J connectivity index is 1.56. The van der Waals surface area contributed by atoms with Gasteiger partial charge in [-0.25, -0.2) is 9.37 Å². The highest BCUT2D eigenvalue weighted by Crippen LogP contribution is 2.35. The molecule has 5 aromatic rings. The first kappa shape index (κ1) is 22.0. The van der Waals surface area contributed by atoms with Gasteiger partial charge in [-0.1, -0.05) is 47.7 Å². The van der Waals surface area contributed by atoms with Crippen LogP contribution in [0.5, 0.6) is 0 Å². The first-order valence-electron chi connectivity index (χ1n) is 10.8. The summed E-state index contributed by atoms with van der Waals surface area (Å²) < 4.78 is 21.7. The molecule has 2 aromatic heterocycles. The minimum atomic E-state index is -0.388. The van der Waals surface area contributed by atoms with E-state index in [1.54, 1.807) is 37.3 Å². The van der Waals surface area contributed by atoms with Crippen molar-refractivity contribution in [1.29, 1.82) is 0 Å². The quantitative estimate of drug-likeness (QED) is 0.229. The third kappa shape index (κ3) is 4.12. The first-order valence-corrected chi connectivity index (χ1v) is 11.6. The predicted octanol–water partition coefficient (Wildman–Crippen LogP) is 6.04. The summed E-state index contributed by atoms with van der Waals surface area (Å²) in [5.74, 6) is 0.442. The molecule has 6 nitrogen and oxygen atoms in total. The summed E-state index contributed by atoms with van der Waals surface area (Å²) in [5, 5.41) is 8.96. The molecule has 0 radical (unpaired) electrons. The average molecular weight is 473 g/mol. The van der Waals surface area contributed by atoms with Crippen molar-refractivity contribution in [2.75, 3.05) is 0 Å². The van der Waals surface area contributed by atoms with E-state index in [-0.39, 0.29) is 16.6 Å². The van der Waals surface area contributed by atoms with Gasteiger partial charge in [-0.2, -0.15) is 0 Å². The molecule has 5 rings (SSSR count). The second-order valence-corrected chi connectivity index (χ2v) is 9.37. The maximum atomic E-state index is 14.4. The zero-order valence-corrected chi connectivity index (χ0v) is 19.6. The summed E-state index contributed by atoms with van der Waals surface area (Å²) in [7, 11) is 0. The largest absolute Gasteiger partial charge is 0.419 e. The van der Waals surface area contributed by atoms with Crippen LogP contribution in [-0.4, -0.2) is 19.7 Å². The number of nitrogens with zero attached hydrogens (tertiary/aromatic N) is 4. The van der Waals surface area contributed by atoms with Crippen molar-refractivity contribution < 1.29 is 8.81 Å². The van der Waals surface area contributed by atoms with Gasteiger partial charge in [0.1, 0.15) is 5.82 Å². The zero-order chi connectivity index (χ0) is 23.8. The molecule has 34 heavy (non-hydrogen) atoms. The molecule has 0 aliphatic rings. The third-order valence-electron chi connectivity index (χ3n) is 5.53. The molecule has 1 atom stereocenters. The van der Waals surface area contributed by atoms with Crippen molar-refractivity contribution in [3.05, 3.63) is 99.9 Å².